The number of hydrogen-bond donors (Lipinski definition) is 0. The minimum absolute atomic E-state index is 0.0171. The van der Waals surface area contributed by atoms with Crippen LogP contribution in [-0.2, 0) is 17.9 Å². The molecule has 0 radical (unpaired) electrons. The molecule has 0 unspecified atom stereocenters. The molecule has 29 heavy (non-hydrogen) atoms. The Balaban J connectivity index is 1.76. The molecule has 0 aliphatic rings. The molecular formula is C20H22Cl2N4O2S. The molecule has 6 nitrogen and oxygen atoms in total. The second-order valence-corrected chi connectivity index (χ2v) is 8.84. The summed E-state index contributed by atoms with van der Waals surface area (Å²) < 4.78 is 7.31. The molecule has 0 spiro atoms. The highest BCUT2D eigenvalue weighted by Crippen LogP contribution is 2.32. The van der Waals surface area contributed by atoms with Crippen molar-refractivity contribution in [1.29, 1.82) is 0 Å². The fraction of sp³-hybridized carbons (Fsp3) is 0.350. The van der Waals surface area contributed by atoms with Crippen molar-refractivity contribution in [2.24, 2.45) is 5.92 Å². The van der Waals surface area contributed by atoms with Crippen LogP contribution in [0.4, 0.5) is 0 Å². The Morgan fingerprint density at radius 2 is 2.07 bits per heavy atom. The van der Waals surface area contributed by atoms with Crippen molar-refractivity contribution in [1.82, 2.24) is 19.7 Å². The van der Waals surface area contributed by atoms with Crippen molar-refractivity contribution in [2.45, 2.75) is 32.1 Å². The smallest absolute Gasteiger partial charge is 0.233 e. The summed E-state index contributed by atoms with van der Waals surface area (Å²) >= 11 is 13.8. The van der Waals surface area contributed by atoms with E-state index in [0.717, 1.165) is 11.3 Å². The van der Waals surface area contributed by atoms with Gasteiger partial charge in [0.05, 0.1) is 23.6 Å². The molecule has 2 aromatic heterocycles. The van der Waals surface area contributed by atoms with Crippen LogP contribution < -0.4 is 0 Å². The Morgan fingerprint density at radius 3 is 2.72 bits per heavy atom. The van der Waals surface area contributed by atoms with Gasteiger partial charge in [-0.1, -0.05) is 48.8 Å². The van der Waals surface area contributed by atoms with Crippen LogP contribution in [0.1, 0.15) is 19.6 Å². The zero-order valence-electron chi connectivity index (χ0n) is 16.4. The summed E-state index contributed by atoms with van der Waals surface area (Å²) in [4.78, 5) is 14.1. The van der Waals surface area contributed by atoms with Crippen LogP contribution in [0.2, 0.25) is 10.0 Å². The molecule has 3 rings (SSSR count). The summed E-state index contributed by atoms with van der Waals surface area (Å²) in [6.07, 6.45) is 1.60. The van der Waals surface area contributed by atoms with E-state index in [9.17, 15) is 4.79 Å². The summed E-state index contributed by atoms with van der Waals surface area (Å²) in [6, 6.07) is 8.95. The predicted octanol–water partition coefficient (Wildman–Crippen LogP) is 5.25. The maximum atomic E-state index is 12.5. The number of carbonyl (C=O) groups is 1. The molecule has 1 aromatic carbocycles. The van der Waals surface area contributed by atoms with Crippen molar-refractivity contribution in [3.8, 4) is 11.4 Å². The lowest BCUT2D eigenvalue weighted by Gasteiger charge is -2.16. The van der Waals surface area contributed by atoms with E-state index in [1.807, 2.05) is 16.7 Å². The number of amides is 1. The first-order valence-electron chi connectivity index (χ1n) is 9.13. The maximum Gasteiger partial charge on any atom is 0.233 e. The molecule has 0 saturated carbocycles. The molecule has 0 atom stereocenters. The van der Waals surface area contributed by atoms with E-state index in [1.54, 1.807) is 36.4 Å². The van der Waals surface area contributed by atoms with E-state index in [2.05, 4.69) is 24.0 Å². The van der Waals surface area contributed by atoms with Crippen LogP contribution in [0.25, 0.3) is 11.4 Å². The van der Waals surface area contributed by atoms with E-state index < -0.39 is 0 Å². The summed E-state index contributed by atoms with van der Waals surface area (Å²) in [5.41, 5.74) is 0.761. The normalized spacial score (nSPS) is 11.2. The lowest BCUT2D eigenvalue weighted by Crippen LogP contribution is -2.27. The third-order valence-electron chi connectivity index (χ3n) is 4.16. The number of benzene rings is 1. The van der Waals surface area contributed by atoms with Gasteiger partial charge in [0.25, 0.3) is 0 Å². The van der Waals surface area contributed by atoms with E-state index >= 15 is 0 Å². The largest absolute Gasteiger partial charge is 0.467 e. The summed E-state index contributed by atoms with van der Waals surface area (Å²) in [6.45, 7) is 5.37. The predicted molar refractivity (Wildman–Crippen MR) is 116 cm³/mol. The Hall–Kier alpha value is -1.96. The molecule has 0 aliphatic heterocycles. The molecule has 0 saturated heterocycles. The van der Waals surface area contributed by atoms with Gasteiger partial charge in [0.2, 0.25) is 5.91 Å². The number of furan rings is 1. The Bertz CT molecular complexity index is 973. The number of hydrogen-bond acceptors (Lipinski definition) is 5. The number of rotatable bonds is 8. The fourth-order valence-corrected chi connectivity index (χ4v) is 4.14. The Kier molecular flexibility index (Phi) is 7.27. The highest BCUT2D eigenvalue weighted by Gasteiger charge is 2.19. The van der Waals surface area contributed by atoms with E-state index in [4.69, 9.17) is 27.6 Å². The van der Waals surface area contributed by atoms with Crippen LogP contribution >= 0.6 is 35.0 Å². The number of thioether (sulfide) groups is 1. The van der Waals surface area contributed by atoms with Gasteiger partial charge >= 0.3 is 0 Å². The number of halogens is 2. The quantitative estimate of drug-likeness (QED) is 0.436. The van der Waals surface area contributed by atoms with E-state index in [-0.39, 0.29) is 11.7 Å². The summed E-state index contributed by atoms with van der Waals surface area (Å²) in [5, 5.41) is 10.4. The number of nitrogens with zero attached hydrogens (tertiary/aromatic N) is 4. The van der Waals surface area contributed by atoms with Gasteiger partial charge in [-0.15, -0.1) is 10.2 Å². The number of carbonyl (C=O) groups excluding carboxylic acids is 1. The van der Waals surface area contributed by atoms with Crippen molar-refractivity contribution in [2.75, 3.05) is 12.8 Å². The summed E-state index contributed by atoms with van der Waals surface area (Å²) in [5.74, 6) is 2.01. The van der Waals surface area contributed by atoms with Gasteiger partial charge in [-0.2, -0.15) is 0 Å². The van der Waals surface area contributed by atoms with Gasteiger partial charge in [0, 0.05) is 24.2 Å². The van der Waals surface area contributed by atoms with Gasteiger partial charge in [0.15, 0.2) is 11.0 Å². The third-order valence-corrected chi connectivity index (χ3v) is 5.66. The van der Waals surface area contributed by atoms with Gasteiger partial charge in [-0.25, -0.2) is 0 Å². The van der Waals surface area contributed by atoms with Crippen molar-refractivity contribution in [3.05, 3.63) is 52.4 Å². The molecule has 3 aromatic rings. The van der Waals surface area contributed by atoms with Gasteiger partial charge in [-0.3, -0.25) is 4.79 Å². The first-order chi connectivity index (χ1) is 13.8. The average molecular weight is 453 g/mol. The van der Waals surface area contributed by atoms with Gasteiger partial charge < -0.3 is 13.9 Å². The average Bonchev–Trinajstić information content (AvgIpc) is 3.30. The maximum absolute atomic E-state index is 12.5. The van der Waals surface area contributed by atoms with Crippen LogP contribution in [-0.4, -0.2) is 38.4 Å². The zero-order valence-corrected chi connectivity index (χ0v) is 18.8. The minimum Gasteiger partial charge on any atom is -0.467 e. The van der Waals surface area contributed by atoms with Gasteiger partial charge in [-0.05, 0) is 36.2 Å². The van der Waals surface area contributed by atoms with Gasteiger partial charge in [0.1, 0.15) is 5.76 Å². The molecule has 2 heterocycles. The van der Waals surface area contributed by atoms with Crippen LogP contribution in [0, 0.1) is 5.92 Å². The molecular weight excluding hydrogens is 431 g/mol. The summed E-state index contributed by atoms with van der Waals surface area (Å²) in [7, 11) is 1.75. The Labute approximate surface area is 184 Å². The molecule has 9 heteroatoms. The second-order valence-electron chi connectivity index (χ2n) is 7.05. The standard InChI is InChI=1S/C20H22Cl2N4O2S/c1-13(2)10-26-19(16-7-6-14(21)9-17(16)22)23-24-20(26)29-12-18(27)25(3)11-15-5-4-8-28-15/h4-9,13H,10-12H2,1-3H3. The molecule has 154 valence electrons. The Morgan fingerprint density at radius 1 is 1.28 bits per heavy atom. The monoisotopic (exact) mass is 452 g/mol. The lowest BCUT2D eigenvalue weighted by molar-refractivity contribution is -0.127. The number of aromatic nitrogens is 3. The van der Waals surface area contributed by atoms with Crippen molar-refractivity contribution in [3.63, 3.8) is 0 Å². The highest BCUT2D eigenvalue weighted by molar-refractivity contribution is 7.99. The zero-order chi connectivity index (χ0) is 21.0. The topological polar surface area (TPSA) is 64.2 Å². The van der Waals surface area contributed by atoms with E-state index in [1.165, 1.54) is 11.8 Å². The first-order valence-corrected chi connectivity index (χ1v) is 10.9. The van der Waals surface area contributed by atoms with Crippen LogP contribution in [0.3, 0.4) is 0 Å². The molecule has 0 aliphatic carbocycles. The highest BCUT2D eigenvalue weighted by atomic mass is 35.5. The SMILES string of the molecule is CC(C)Cn1c(SCC(=O)N(C)Cc2ccco2)nnc1-c1ccc(Cl)cc1Cl. The lowest BCUT2D eigenvalue weighted by atomic mass is 10.2. The van der Waals surface area contributed by atoms with Crippen molar-refractivity contribution < 1.29 is 9.21 Å². The van der Waals surface area contributed by atoms with Crippen LogP contribution in [0.5, 0.6) is 0 Å². The van der Waals surface area contributed by atoms with Crippen LogP contribution in [0.15, 0.2) is 46.2 Å². The molecule has 0 bridgehead atoms. The molecule has 0 fully saturated rings. The third kappa shape index (κ3) is 5.56. The fourth-order valence-electron chi connectivity index (χ4n) is 2.76. The first kappa shape index (κ1) is 21.7. The second kappa shape index (κ2) is 9.69. The van der Waals surface area contributed by atoms with E-state index in [0.29, 0.717) is 40.0 Å². The van der Waals surface area contributed by atoms with Crippen molar-refractivity contribution >= 4 is 40.9 Å². The minimum atomic E-state index is -0.0171. The molecule has 0 N–H and O–H groups in total. The molecule has 1 amide bonds.